The van der Waals surface area contributed by atoms with E-state index in [0.717, 1.165) is 15.6 Å². The quantitative estimate of drug-likeness (QED) is 0.623. The number of ether oxygens (including phenoxy) is 1. The number of thiazole rings is 1. The van der Waals surface area contributed by atoms with Gasteiger partial charge in [-0.15, -0.1) is 22.7 Å². The summed E-state index contributed by atoms with van der Waals surface area (Å²) >= 11 is 3.03. The monoisotopic (exact) mass is 427 g/mol. The summed E-state index contributed by atoms with van der Waals surface area (Å²) in [6.45, 7) is 4.48. The Kier molecular flexibility index (Phi) is 5.92. The Hall–Kier alpha value is -2.71. The van der Waals surface area contributed by atoms with Gasteiger partial charge >= 0.3 is 0 Å². The predicted octanol–water partition coefficient (Wildman–Crippen LogP) is 3.69. The number of aromatic nitrogens is 1. The predicted molar refractivity (Wildman–Crippen MR) is 114 cm³/mol. The molecular formula is C21H21N3O3S2. The number of carbonyl (C=O) groups is 2. The molecule has 150 valence electrons. The van der Waals surface area contributed by atoms with Crippen LogP contribution in [0.3, 0.4) is 0 Å². The van der Waals surface area contributed by atoms with Gasteiger partial charge in [0.25, 0.3) is 11.8 Å². The highest BCUT2D eigenvalue weighted by Crippen LogP contribution is 2.19. The van der Waals surface area contributed by atoms with E-state index in [1.165, 1.54) is 11.3 Å². The van der Waals surface area contributed by atoms with Crippen molar-refractivity contribution < 1.29 is 14.3 Å². The van der Waals surface area contributed by atoms with Crippen molar-refractivity contribution in [2.75, 3.05) is 26.2 Å². The normalized spacial score (nSPS) is 14.1. The van der Waals surface area contributed by atoms with Crippen LogP contribution in [-0.4, -0.2) is 52.8 Å². The standard InChI is InChI=1S/C21H21N3O3S2/c1-15-22-17(14-29-15)13-27-18-5-2-4-16(12-18)20(25)23-7-9-24(10-8-23)21(26)19-6-3-11-28-19/h2-6,11-12,14H,7-10,13H2,1H3. The Morgan fingerprint density at radius 2 is 1.79 bits per heavy atom. The van der Waals surface area contributed by atoms with Crippen LogP contribution >= 0.6 is 22.7 Å². The second-order valence-electron chi connectivity index (χ2n) is 6.74. The van der Waals surface area contributed by atoms with E-state index in [-0.39, 0.29) is 11.8 Å². The largest absolute Gasteiger partial charge is 0.487 e. The second-order valence-corrected chi connectivity index (χ2v) is 8.75. The highest BCUT2D eigenvalue weighted by Gasteiger charge is 2.26. The van der Waals surface area contributed by atoms with Crippen LogP contribution in [0.2, 0.25) is 0 Å². The lowest BCUT2D eigenvalue weighted by Gasteiger charge is -2.34. The van der Waals surface area contributed by atoms with Gasteiger partial charge in [-0.05, 0) is 36.6 Å². The molecule has 3 aromatic rings. The van der Waals surface area contributed by atoms with Crippen molar-refractivity contribution >= 4 is 34.5 Å². The number of aryl methyl sites for hydroxylation is 1. The van der Waals surface area contributed by atoms with Crippen molar-refractivity contribution in [3.8, 4) is 5.75 Å². The number of piperazine rings is 1. The van der Waals surface area contributed by atoms with E-state index in [4.69, 9.17) is 4.74 Å². The van der Waals surface area contributed by atoms with Gasteiger partial charge in [-0.2, -0.15) is 0 Å². The van der Waals surface area contributed by atoms with Crippen LogP contribution in [0.15, 0.2) is 47.2 Å². The number of amides is 2. The third-order valence-corrected chi connectivity index (χ3v) is 6.40. The summed E-state index contributed by atoms with van der Waals surface area (Å²) in [5, 5.41) is 4.88. The van der Waals surface area contributed by atoms with Gasteiger partial charge < -0.3 is 14.5 Å². The minimum Gasteiger partial charge on any atom is -0.487 e. The Morgan fingerprint density at radius 3 is 2.45 bits per heavy atom. The number of hydrogen-bond acceptors (Lipinski definition) is 6. The maximum absolute atomic E-state index is 12.9. The molecule has 0 unspecified atom stereocenters. The van der Waals surface area contributed by atoms with Crippen molar-refractivity contribution in [2.45, 2.75) is 13.5 Å². The van der Waals surface area contributed by atoms with Crippen molar-refractivity contribution in [3.05, 3.63) is 68.3 Å². The van der Waals surface area contributed by atoms with E-state index in [0.29, 0.717) is 44.1 Å². The zero-order chi connectivity index (χ0) is 20.2. The van der Waals surface area contributed by atoms with Gasteiger partial charge in [-0.1, -0.05) is 12.1 Å². The first-order valence-electron chi connectivity index (χ1n) is 9.36. The van der Waals surface area contributed by atoms with E-state index in [1.54, 1.807) is 28.4 Å². The maximum atomic E-state index is 12.9. The lowest BCUT2D eigenvalue weighted by Crippen LogP contribution is -2.50. The number of benzene rings is 1. The minimum absolute atomic E-state index is 0.0387. The SMILES string of the molecule is Cc1nc(COc2cccc(C(=O)N3CCN(C(=O)c4cccs4)CC3)c2)cs1. The Balaban J connectivity index is 1.34. The second kappa shape index (κ2) is 8.75. The highest BCUT2D eigenvalue weighted by molar-refractivity contribution is 7.12. The zero-order valence-electron chi connectivity index (χ0n) is 16.0. The topological polar surface area (TPSA) is 62.7 Å². The molecule has 0 aliphatic carbocycles. The molecule has 4 rings (SSSR count). The molecule has 0 bridgehead atoms. The van der Waals surface area contributed by atoms with E-state index < -0.39 is 0 Å². The first kappa shape index (κ1) is 19.6. The molecule has 0 atom stereocenters. The average molecular weight is 428 g/mol. The van der Waals surface area contributed by atoms with Crippen LogP contribution in [0.25, 0.3) is 0 Å². The fraction of sp³-hybridized carbons (Fsp3) is 0.286. The van der Waals surface area contributed by atoms with Crippen molar-refractivity contribution in [2.24, 2.45) is 0 Å². The van der Waals surface area contributed by atoms with Gasteiger partial charge in [0, 0.05) is 37.1 Å². The van der Waals surface area contributed by atoms with Crippen molar-refractivity contribution in [1.29, 1.82) is 0 Å². The summed E-state index contributed by atoms with van der Waals surface area (Å²) in [5.74, 6) is 0.649. The number of carbonyl (C=O) groups excluding carboxylic acids is 2. The molecule has 2 amide bonds. The third kappa shape index (κ3) is 4.65. The molecule has 3 heterocycles. The van der Waals surface area contributed by atoms with Crippen LogP contribution < -0.4 is 4.74 Å². The van der Waals surface area contributed by atoms with E-state index in [2.05, 4.69) is 4.98 Å². The van der Waals surface area contributed by atoms with Crippen LogP contribution in [0, 0.1) is 6.92 Å². The third-order valence-electron chi connectivity index (χ3n) is 4.72. The van der Waals surface area contributed by atoms with Gasteiger partial charge in [-0.25, -0.2) is 4.98 Å². The van der Waals surface area contributed by atoms with Gasteiger partial charge in [0.05, 0.1) is 15.6 Å². The summed E-state index contributed by atoms with van der Waals surface area (Å²) in [5.41, 5.74) is 1.48. The molecule has 1 aliphatic rings. The van der Waals surface area contributed by atoms with Gasteiger partial charge in [0.1, 0.15) is 12.4 Å². The van der Waals surface area contributed by atoms with Crippen LogP contribution in [0.4, 0.5) is 0 Å². The lowest BCUT2D eigenvalue weighted by atomic mass is 10.1. The Morgan fingerprint density at radius 1 is 1.03 bits per heavy atom. The number of thiophene rings is 1. The maximum Gasteiger partial charge on any atom is 0.264 e. The summed E-state index contributed by atoms with van der Waals surface area (Å²) in [6.07, 6.45) is 0. The molecule has 8 heteroatoms. The molecule has 1 fully saturated rings. The van der Waals surface area contributed by atoms with Gasteiger partial charge in [0.15, 0.2) is 0 Å². The van der Waals surface area contributed by atoms with Crippen LogP contribution in [-0.2, 0) is 6.61 Å². The molecule has 2 aromatic heterocycles. The molecule has 0 spiro atoms. The van der Waals surface area contributed by atoms with Crippen molar-refractivity contribution in [1.82, 2.24) is 14.8 Å². The molecule has 0 radical (unpaired) electrons. The van der Waals surface area contributed by atoms with Crippen LogP contribution in [0.5, 0.6) is 5.75 Å². The van der Waals surface area contributed by atoms with Gasteiger partial charge in [0.2, 0.25) is 0 Å². The molecule has 29 heavy (non-hydrogen) atoms. The molecular weight excluding hydrogens is 406 g/mol. The van der Waals surface area contributed by atoms with E-state index in [9.17, 15) is 9.59 Å². The molecule has 6 nitrogen and oxygen atoms in total. The molecule has 1 saturated heterocycles. The molecule has 1 aromatic carbocycles. The fourth-order valence-electron chi connectivity index (χ4n) is 3.20. The van der Waals surface area contributed by atoms with Gasteiger partial charge in [-0.3, -0.25) is 9.59 Å². The average Bonchev–Trinajstić information content (AvgIpc) is 3.43. The van der Waals surface area contributed by atoms with E-state index in [1.807, 2.05) is 46.8 Å². The van der Waals surface area contributed by atoms with Crippen LogP contribution in [0.1, 0.15) is 30.7 Å². The minimum atomic E-state index is -0.0387. The van der Waals surface area contributed by atoms with Crippen molar-refractivity contribution in [3.63, 3.8) is 0 Å². The summed E-state index contributed by atoms with van der Waals surface area (Å²) in [4.78, 5) is 34.1. The zero-order valence-corrected chi connectivity index (χ0v) is 17.7. The smallest absolute Gasteiger partial charge is 0.264 e. The molecule has 0 saturated carbocycles. The summed E-state index contributed by atoms with van der Waals surface area (Å²) < 4.78 is 5.80. The highest BCUT2D eigenvalue weighted by atomic mass is 32.1. The Bertz CT molecular complexity index is 992. The number of hydrogen-bond donors (Lipinski definition) is 0. The number of nitrogens with zero attached hydrogens (tertiary/aromatic N) is 3. The Labute approximate surface area is 177 Å². The summed E-state index contributed by atoms with van der Waals surface area (Å²) in [7, 11) is 0. The first-order chi connectivity index (χ1) is 14.1. The molecule has 0 N–H and O–H groups in total. The lowest BCUT2D eigenvalue weighted by molar-refractivity contribution is 0.0538. The fourth-order valence-corrected chi connectivity index (χ4v) is 4.49. The molecule has 1 aliphatic heterocycles. The number of rotatable bonds is 5. The first-order valence-corrected chi connectivity index (χ1v) is 11.1. The summed E-state index contributed by atoms with van der Waals surface area (Å²) in [6, 6.07) is 10.9. The van der Waals surface area contributed by atoms with E-state index >= 15 is 0 Å².